The van der Waals surface area contributed by atoms with Gasteiger partial charge in [0, 0.05) is 44.1 Å². The number of hydrogen-bond donors (Lipinski definition) is 1. The highest BCUT2D eigenvalue weighted by Gasteiger charge is 2.60. The highest BCUT2D eigenvalue weighted by Crippen LogP contribution is 2.43. The summed E-state index contributed by atoms with van der Waals surface area (Å²) in [5.74, 6) is -4.95. The van der Waals surface area contributed by atoms with Crippen molar-refractivity contribution in [2.24, 2.45) is 35.5 Å². The number of imidazole rings is 1. The van der Waals surface area contributed by atoms with E-state index in [0.717, 1.165) is 5.52 Å². The number of allylic oxidation sites excluding steroid dienone is 1. The van der Waals surface area contributed by atoms with Crippen LogP contribution >= 0.6 is 0 Å². The zero-order valence-corrected chi connectivity index (χ0v) is 35.5. The lowest BCUT2D eigenvalue weighted by Crippen LogP contribution is -2.59. The molecule has 1 N–H and O–H groups in total. The Labute approximate surface area is 337 Å². The van der Waals surface area contributed by atoms with E-state index in [1.54, 1.807) is 40.2 Å². The van der Waals surface area contributed by atoms with Crippen LogP contribution in [0.15, 0.2) is 36.8 Å². The number of aliphatic hydroxyl groups is 1. The van der Waals surface area contributed by atoms with E-state index in [-0.39, 0.29) is 36.7 Å². The first-order valence-electron chi connectivity index (χ1n) is 20.6. The number of esters is 1. The number of cyclic esters (lactones) is 1. The second-order valence-corrected chi connectivity index (χ2v) is 17.3. The van der Waals surface area contributed by atoms with E-state index in [4.69, 9.17) is 23.7 Å². The first-order chi connectivity index (χ1) is 26.9. The van der Waals surface area contributed by atoms with Crippen LogP contribution in [-0.2, 0) is 44.6 Å². The van der Waals surface area contributed by atoms with Crippen LogP contribution in [0, 0.1) is 35.5 Å². The molecule has 14 heteroatoms. The number of hydrogen-bond acceptors (Lipinski definition) is 12. The van der Waals surface area contributed by atoms with Crippen molar-refractivity contribution in [3.05, 3.63) is 36.8 Å². The van der Waals surface area contributed by atoms with Gasteiger partial charge in [-0.2, -0.15) is 0 Å². The fourth-order valence-electron chi connectivity index (χ4n) is 9.42. The maximum atomic E-state index is 14.7. The van der Waals surface area contributed by atoms with E-state index in [0.29, 0.717) is 31.5 Å². The number of aromatic nitrogens is 3. The Bertz CT molecular complexity index is 1780. The van der Waals surface area contributed by atoms with Crippen molar-refractivity contribution in [3.63, 3.8) is 0 Å². The molecule has 0 aromatic carbocycles. The maximum Gasteiger partial charge on any atom is 0.411 e. The molecule has 2 unspecified atom stereocenters. The zero-order valence-electron chi connectivity index (χ0n) is 35.5. The van der Waals surface area contributed by atoms with Gasteiger partial charge in [0.05, 0.1) is 35.7 Å². The Kier molecular flexibility index (Phi) is 14.1. The molecule has 316 valence electrons. The van der Waals surface area contributed by atoms with Crippen molar-refractivity contribution in [1.82, 2.24) is 19.4 Å². The van der Waals surface area contributed by atoms with Gasteiger partial charge in [-0.25, -0.2) is 14.8 Å². The van der Waals surface area contributed by atoms with Gasteiger partial charge in [0.2, 0.25) is 0 Å². The van der Waals surface area contributed by atoms with Crippen LogP contribution in [0.5, 0.6) is 0 Å². The van der Waals surface area contributed by atoms with Crippen LogP contribution in [0.1, 0.15) is 94.9 Å². The summed E-state index contributed by atoms with van der Waals surface area (Å²) in [6, 6.07) is 2.94. The summed E-state index contributed by atoms with van der Waals surface area (Å²) >= 11 is 0. The summed E-state index contributed by atoms with van der Waals surface area (Å²) < 4.78 is 33.3. The smallest absolute Gasteiger partial charge is 0.411 e. The summed E-state index contributed by atoms with van der Waals surface area (Å²) in [6.07, 6.45) is 3.91. The monoisotopic (exact) mass is 796 g/mol. The molecular formula is C43H64N4O10. The van der Waals surface area contributed by atoms with Gasteiger partial charge in [0.15, 0.2) is 23.3 Å². The number of carbonyl (C=O) groups excluding carboxylic acids is 4. The topological polar surface area (TPSA) is 169 Å². The minimum absolute atomic E-state index is 0.116. The van der Waals surface area contributed by atoms with Gasteiger partial charge in [-0.1, -0.05) is 60.1 Å². The van der Waals surface area contributed by atoms with Gasteiger partial charge in [-0.05, 0) is 70.9 Å². The molecule has 57 heavy (non-hydrogen) atoms. The highest BCUT2D eigenvalue weighted by atomic mass is 16.7. The number of pyridine rings is 1. The molecule has 3 fully saturated rings. The molecule has 2 aromatic heterocycles. The van der Waals surface area contributed by atoms with E-state index in [1.807, 2.05) is 63.5 Å². The molecule has 2 aromatic rings. The molecule has 5 heterocycles. The number of aliphatic hydroxyl groups excluding tert-OH is 1. The third-order valence-electron chi connectivity index (χ3n) is 12.8. The molecule has 1 amide bonds. The van der Waals surface area contributed by atoms with Crippen molar-refractivity contribution in [1.29, 1.82) is 0 Å². The zero-order chi connectivity index (χ0) is 42.0. The molecule has 14 nitrogen and oxygen atoms in total. The largest absolute Gasteiger partial charge is 0.457 e. The van der Waals surface area contributed by atoms with Crippen LogP contribution in [0.3, 0.4) is 0 Å². The number of ketones is 2. The van der Waals surface area contributed by atoms with Gasteiger partial charge >= 0.3 is 12.1 Å². The summed E-state index contributed by atoms with van der Waals surface area (Å²) in [5.41, 5.74) is -1.19. The Morgan fingerprint density at radius 3 is 2.39 bits per heavy atom. The molecular weight excluding hydrogens is 732 g/mol. The summed E-state index contributed by atoms with van der Waals surface area (Å²) in [4.78, 5) is 67.2. The van der Waals surface area contributed by atoms with E-state index in [9.17, 15) is 24.3 Å². The normalized spacial score (nSPS) is 37.4. The fraction of sp³-hybridized carbons (Fsp3) is 0.721. The molecule has 0 saturated carbocycles. The van der Waals surface area contributed by atoms with Gasteiger partial charge in [-0.15, -0.1) is 0 Å². The van der Waals surface area contributed by atoms with Crippen LogP contribution < -0.4 is 0 Å². The van der Waals surface area contributed by atoms with Crippen molar-refractivity contribution in [2.75, 3.05) is 13.7 Å². The Hall–Kier alpha value is -3.72. The molecule has 0 radical (unpaired) electrons. The molecule has 3 saturated heterocycles. The fourth-order valence-corrected chi connectivity index (χ4v) is 9.42. The van der Waals surface area contributed by atoms with Crippen LogP contribution in [-0.4, -0.2) is 110 Å². The highest BCUT2D eigenvalue weighted by molar-refractivity contribution is 6.00. The predicted octanol–water partition coefficient (Wildman–Crippen LogP) is 5.92. The number of nitrogens with zero attached hydrogens (tertiary/aromatic N) is 4. The predicted molar refractivity (Wildman–Crippen MR) is 212 cm³/mol. The molecule has 5 rings (SSSR count). The minimum Gasteiger partial charge on any atom is -0.457 e. The van der Waals surface area contributed by atoms with Crippen molar-refractivity contribution >= 4 is 34.8 Å². The van der Waals surface area contributed by atoms with Crippen LogP contribution in [0.4, 0.5) is 4.79 Å². The van der Waals surface area contributed by atoms with Crippen LogP contribution in [0.2, 0.25) is 0 Å². The van der Waals surface area contributed by atoms with Gasteiger partial charge < -0.3 is 33.4 Å². The Balaban J connectivity index is 1.51. The van der Waals surface area contributed by atoms with Crippen LogP contribution in [0.25, 0.3) is 11.2 Å². The third-order valence-corrected chi connectivity index (χ3v) is 12.8. The number of ether oxygens (including phenoxy) is 5. The number of Topliss-reactive ketones (excluding diaryl/α,β-unsaturated/α-hetero) is 2. The van der Waals surface area contributed by atoms with Crippen molar-refractivity contribution in [3.8, 4) is 0 Å². The first kappa shape index (κ1) is 44.4. The molecule has 0 bridgehead atoms. The lowest BCUT2D eigenvalue weighted by Gasteiger charge is -2.47. The third kappa shape index (κ3) is 8.99. The number of amides is 1. The minimum atomic E-state index is -1.43. The molecule has 3 aliphatic heterocycles. The summed E-state index contributed by atoms with van der Waals surface area (Å²) in [6.45, 7) is 18.8. The van der Waals surface area contributed by atoms with E-state index >= 15 is 0 Å². The standard InChI is InChI=1S/C43H64N4O10/c1-12-16-32-43(10)36(47(41(52)57-43)20-14-13-19-46-23-45-38-31(46)17-15-18-44-38)27(6)33(48)25(4)22-42(9,53-11)37(28(7)34(49)29(8)39(51)55-32)56-40-35(50)30(24(2)3)21-26(5)54-40/h13-15,17-18,23-30,32,35-37,40,50H,12,16,19-22H2,1-11H3/b14-13+/t25-,26-,27-,28+,29-,30-,32?,35-,36+,37?,40+,42-,43-/m1/s1. The quantitative estimate of drug-likeness (QED) is 0.171. The molecule has 13 atom stereocenters. The van der Waals surface area contributed by atoms with Crippen molar-refractivity contribution in [2.45, 2.75) is 149 Å². The number of rotatable bonds is 10. The van der Waals surface area contributed by atoms with E-state index < -0.39 is 83.4 Å². The second-order valence-electron chi connectivity index (χ2n) is 17.3. The van der Waals surface area contributed by atoms with Gasteiger partial charge in [0.1, 0.15) is 23.9 Å². The SMILES string of the molecule is CCCC1OC(=O)[C@H](C)C(=O)[C@H](C)C(O[C@@H]2O[C@H](C)C[C@H](C(C)C)[C@H]2O)[C@](C)(OC)C[C@@H](C)C(=O)[C@@H](C)[C@@H]2N(C/C=C/Cn3cnc4ncccc43)C(=O)O[C@]12C. The van der Waals surface area contributed by atoms with Gasteiger partial charge in [0.25, 0.3) is 0 Å². The Morgan fingerprint density at radius 2 is 1.72 bits per heavy atom. The average Bonchev–Trinajstić information content (AvgIpc) is 3.71. The lowest BCUT2D eigenvalue weighted by molar-refractivity contribution is -0.299. The Morgan fingerprint density at radius 1 is 1.02 bits per heavy atom. The summed E-state index contributed by atoms with van der Waals surface area (Å²) in [7, 11) is 1.50. The average molecular weight is 797 g/mol. The second kappa shape index (κ2) is 18.0. The first-order valence-corrected chi connectivity index (χ1v) is 20.6. The number of carbonyl (C=O) groups is 4. The van der Waals surface area contributed by atoms with Crippen molar-refractivity contribution < 1.29 is 48.0 Å². The molecule has 0 spiro atoms. The number of fused-ring (bicyclic) bond motifs is 2. The van der Waals surface area contributed by atoms with Gasteiger partial charge in [-0.3, -0.25) is 19.3 Å². The number of methoxy groups -OCH3 is 1. The summed E-state index contributed by atoms with van der Waals surface area (Å²) in [5, 5.41) is 11.5. The van der Waals surface area contributed by atoms with E-state index in [1.165, 1.54) is 18.9 Å². The molecule has 0 aliphatic carbocycles. The molecule has 3 aliphatic rings. The maximum absolute atomic E-state index is 14.7. The lowest BCUT2D eigenvalue weighted by atomic mass is 9.73. The van der Waals surface area contributed by atoms with E-state index in [2.05, 4.69) is 9.97 Å².